The highest BCUT2D eigenvalue weighted by Crippen LogP contribution is 2.35. The van der Waals surface area contributed by atoms with Crippen molar-refractivity contribution in [3.8, 4) is 0 Å². The predicted molar refractivity (Wildman–Crippen MR) is 120 cm³/mol. The van der Waals surface area contributed by atoms with E-state index in [4.69, 9.17) is 0 Å². The lowest BCUT2D eigenvalue weighted by Crippen LogP contribution is -2.50. The molecular formula is C19H34N2OSi3. The third-order valence-electron chi connectivity index (χ3n) is 4.69. The van der Waals surface area contributed by atoms with E-state index in [0.29, 0.717) is 0 Å². The van der Waals surface area contributed by atoms with E-state index < -0.39 is 24.4 Å². The van der Waals surface area contributed by atoms with Gasteiger partial charge in [0.1, 0.15) is 0 Å². The van der Waals surface area contributed by atoms with Crippen LogP contribution in [0.3, 0.4) is 0 Å². The fourth-order valence-corrected chi connectivity index (χ4v) is 17.7. The van der Waals surface area contributed by atoms with Crippen LogP contribution >= 0.6 is 0 Å². The maximum Gasteiger partial charge on any atom is 0.222 e. The Morgan fingerprint density at radius 3 is 1.92 bits per heavy atom. The van der Waals surface area contributed by atoms with Crippen molar-refractivity contribution in [2.75, 3.05) is 5.32 Å². The Kier molecular flexibility index (Phi) is 5.30. The molecular weight excluding hydrogens is 356 g/mol. The summed E-state index contributed by atoms with van der Waals surface area (Å²) in [6.45, 7) is 20.9. The first kappa shape index (κ1) is 20.2. The van der Waals surface area contributed by atoms with Crippen LogP contribution in [0.25, 0.3) is 10.9 Å². The highest BCUT2D eigenvalue weighted by Gasteiger charge is 2.42. The van der Waals surface area contributed by atoms with Crippen LogP contribution in [0.1, 0.15) is 0 Å². The molecule has 0 fully saturated rings. The third-order valence-corrected chi connectivity index (χ3v) is 15.7. The van der Waals surface area contributed by atoms with Crippen molar-refractivity contribution in [3.63, 3.8) is 0 Å². The van der Waals surface area contributed by atoms with Crippen LogP contribution in [0.5, 0.6) is 0 Å². The third kappa shape index (κ3) is 4.35. The number of para-hydroxylation sites is 1. The fourth-order valence-electron chi connectivity index (χ4n) is 4.12. The molecule has 1 heterocycles. The monoisotopic (exact) mass is 390 g/mol. The SMILES string of the molecule is C[Si](C)(C)C(C(=O)Nc1cn([Si](C)(C)C)c2ccccc12)[Si](C)(C)C. The molecule has 25 heavy (non-hydrogen) atoms. The molecule has 2 aromatic rings. The molecule has 0 saturated carbocycles. The van der Waals surface area contributed by atoms with Crippen LogP contribution in [0.15, 0.2) is 30.5 Å². The number of fused-ring (bicyclic) bond motifs is 1. The van der Waals surface area contributed by atoms with Gasteiger partial charge in [0.2, 0.25) is 5.91 Å². The number of carbonyl (C=O) groups excluding carboxylic acids is 1. The van der Waals surface area contributed by atoms with Gasteiger partial charge < -0.3 is 9.55 Å². The molecule has 1 aromatic carbocycles. The summed E-state index contributed by atoms with van der Waals surface area (Å²) in [6.07, 6.45) is 2.17. The Labute approximate surface area is 155 Å². The van der Waals surface area contributed by atoms with Gasteiger partial charge in [0.15, 0.2) is 8.24 Å². The van der Waals surface area contributed by atoms with Gasteiger partial charge in [0.05, 0.1) is 21.8 Å². The molecule has 2 rings (SSSR count). The summed E-state index contributed by atoms with van der Waals surface area (Å²) in [7, 11) is -4.72. The number of nitrogens with one attached hydrogen (secondary N) is 1. The van der Waals surface area contributed by atoms with Crippen LogP contribution in [0, 0.1) is 0 Å². The van der Waals surface area contributed by atoms with E-state index in [1.807, 2.05) is 0 Å². The predicted octanol–water partition coefficient (Wildman–Crippen LogP) is 5.85. The molecule has 0 bridgehead atoms. The van der Waals surface area contributed by atoms with Crippen molar-refractivity contribution in [3.05, 3.63) is 30.5 Å². The number of anilines is 1. The zero-order chi connectivity index (χ0) is 19.2. The normalized spacial score (nSPS) is 13.5. The summed E-state index contributed by atoms with van der Waals surface area (Å²) in [5, 5.41) is 4.68. The van der Waals surface area contributed by atoms with Crippen molar-refractivity contribution < 1.29 is 4.79 Å². The maximum atomic E-state index is 13.3. The van der Waals surface area contributed by atoms with Crippen LogP contribution < -0.4 is 5.32 Å². The molecule has 1 amide bonds. The quantitative estimate of drug-likeness (QED) is 0.638. The molecule has 1 N–H and O–H groups in total. The molecule has 0 aliphatic heterocycles. The maximum absolute atomic E-state index is 13.3. The summed E-state index contributed by atoms with van der Waals surface area (Å²) < 4.78 is 2.40. The van der Waals surface area contributed by atoms with Crippen LogP contribution in [0.2, 0.25) is 64.1 Å². The van der Waals surface area contributed by atoms with Gasteiger partial charge in [-0.2, -0.15) is 0 Å². The van der Waals surface area contributed by atoms with Gasteiger partial charge in [-0.15, -0.1) is 0 Å². The van der Waals surface area contributed by atoms with E-state index in [9.17, 15) is 4.79 Å². The van der Waals surface area contributed by atoms with Gasteiger partial charge in [-0.25, -0.2) is 0 Å². The molecule has 138 valence electrons. The smallest absolute Gasteiger partial charge is 0.222 e. The van der Waals surface area contributed by atoms with Crippen LogP contribution in [-0.4, -0.2) is 34.5 Å². The molecule has 0 unspecified atom stereocenters. The highest BCUT2D eigenvalue weighted by molar-refractivity contribution is 7.00. The van der Waals surface area contributed by atoms with E-state index in [1.54, 1.807) is 0 Å². The summed E-state index contributed by atoms with van der Waals surface area (Å²) in [5.41, 5.74) is 2.21. The number of rotatable bonds is 5. The first-order valence-corrected chi connectivity index (χ1v) is 19.7. The standard InChI is InChI=1S/C19H34N2OSi3/c1-23(2,3)19(24(4,5)6)18(22)20-16-14-21(25(7,8)9)17-13-11-10-12-15(16)17/h10-14,19H,1-9H3,(H,20,22). The van der Waals surface area contributed by atoms with E-state index in [1.165, 1.54) is 5.52 Å². The molecule has 3 nitrogen and oxygen atoms in total. The Balaban J connectivity index is 2.48. The number of benzene rings is 1. The van der Waals surface area contributed by atoms with E-state index in [2.05, 4.69) is 98.9 Å². The van der Waals surface area contributed by atoms with Gasteiger partial charge in [0.25, 0.3) is 0 Å². The first-order chi connectivity index (χ1) is 11.2. The second-order valence-corrected chi connectivity index (χ2v) is 26.3. The lowest BCUT2D eigenvalue weighted by Gasteiger charge is -2.36. The van der Waals surface area contributed by atoms with Crippen LogP contribution in [-0.2, 0) is 4.79 Å². The van der Waals surface area contributed by atoms with Crippen molar-refractivity contribution in [1.82, 2.24) is 4.23 Å². The average Bonchev–Trinajstić information content (AvgIpc) is 2.74. The minimum atomic E-state index is -1.58. The minimum Gasteiger partial charge on any atom is -0.373 e. The topological polar surface area (TPSA) is 34.0 Å². The summed E-state index contributed by atoms with van der Waals surface area (Å²) in [6, 6.07) is 8.43. The molecule has 0 spiro atoms. The number of aromatic nitrogens is 1. The molecule has 6 heteroatoms. The summed E-state index contributed by atoms with van der Waals surface area (Å²) in [5.74, 6) is 0.233. The number of hydrogen-bond acceptors (Lipinski definition) is 1. The zero-order valence-electron chi connectivity index (χ0n) is 17.3. The fraction of sp³-hybridized carbons (Fsp3) is 0.526. The highest BCUT2D eigenvalue weighted by atomic mass is 28.4. The lowest BCUT2D eigenvalue weighted by atomic mass is 10.2. The number of amides is 1. The van der Waals surface area contributed by atoms with Crippen molar-refractivity contribution in [2.45, 2.75) is 64.1 Å². The van der Waals surface area contributed by atoms with E-state index in [-0.39, 0.29) is 11.1 Å². The van der Waals surface area contributed by atoms with Gasteiger partial charge in [-0.05, 0) is 6.07 Å². The Hall–Kier alpha value is -1.12. The first-order valence-electron chi connectivity index (χ1n) is 9.14. The second-order valence-electron chi connectivity index (χ2n) is 10.3. The van der Waals surface area contributed by atoms with Gasteiger partial charge in [0, 0.05) is 22.3 Å². The molecule has 0 aliphatic rings. The van der Waals surface area contributed by atoms with Gasteiger partial charge in [-0.3, -0.25) is 4.79 Å². The average molecular weight is 391 g/mol. The lowest BCUT2D eigenvalue weighted by molar-refractivity contribution is -0.115. The van der Waals surface area contributed by atoms with E-state index >= 15 is 0 Å². The minimum absolute atomic E-state index is 0.203. The zero-order valence-corrected chi connectivity index (χ0v) is 20.3. The molecule has 0 radical (unpaired) electrons. The Morgan fingerprint density at radius 2 is 1.44 bits per heavy atom. The second kappa shape index (κ2) is 6.55. The van der Waals surface area contributed by atoms with Gasteiger partial charge >= 0.3 is 0 Å². The van der Waals surface area contributed by atoms with Crippen molar-refractivity contribution in [2.24, 2.45) is 0 Å². The molecule has 0 aliphatic carbocycles. The molecule has 1 aromatic heterocycles. The molecule has 0 atom stereocenters. The van der Waals surface area contributed by atoms with Gasteiger partial charge in [-0.1, -0.05) is 77.1 Å². The van der Waals surface area contributed by atoms with E-state index in [0.717, 1.165) is 11.1 Å². The summed E-state index contributed by atoms with van der Waals surface area (Å²) in [4.78, 5) is 13.3. The van der Waals surface area contributed by atoms with Crippen molar-refractivity contribution in [1.29, 1.82) is 0 Å². The number of nitrogens with zero attached hydrogens (tertiary/aromatic N) is 1. The summed E-state index contributed by atoms with van der Waals surface area (Å²) >= 11 is 0. The van der Waals surface area contributed by atoms with Crippen LogP contribution in [0.4, 0.5) is 5.69 Å². The number of hydrogen-bond donors (Lipinski definition) is 1. The Morgan fingerprint density at radius 1 is 0.920 bits per heavy atom. The Bertz CT molecular complexity index is 763. The largest absolute Gasteiger partial charge is 0.373 e. The molecule has 0 saturated heterocycles. The van der Waals surface area contributed by atoms with Crippen molar-refractivity contribution >= 4 is 46.9 Å². The number of carbonyl (C=O) groups is 1.